The third-order valence-corrected chi connectivity index (χ3v) is 8.10. The highest BCUT2D eigenvalue weighted by molar-refractivity contribution is 6.62. The van der Waals surface area contributed by atoms with Crippen LogP contribution in [0.2, 0.25) is 0 Å². The van der Waals surface area contributed by atoms with Gasteiger partial charge in [-0.1, -0.05) is 6.42 Å². The second-order valence-electron chi connectivity index (χ2n) is 13.4. The summed E-state index contributed by atoms with van der Waals surface area (Å²) < 4.78 is 35.4. The van der Waals surface area contributed by atoms with Gasteiger partial charge in [0, 0.05) is 26.7 Å². The van der Waals surface area contributed by atoms with Crippen molar-refractivity contribution in [3.8, 4) is 5.75 Å². The van der Waals surface area contributed by atoms with Crippen LogP contribution in [0.3, 0.4) is 0 Å². The molecule has 1 N–H and O–H groups in total. The number of rotatable bonds is 11. The number of amides is 1. The first-order chi connectivity index (χ1) is 19.1. The van der Waals surface area contributed by atoms with Gasteiger partial charge in [0.15, 0.2) is 6.79 Å². The summed E-state index contributed by atoms with van der Waals surface area (Å²) in [5.41, 5.74) is 1.92. The molecule has 0 saturated carbocycles. The van der Waals surface area contributed by atoms with Gasteiger partial charge in [0.05, 0.1) is 30.0 Å². The van der Waals surface area contributed by atoms with E-state index in [-0.39, 0.29) is 19.0 Å². The maximum Gasteiger partial charge on any atom is 0.495 e. The molecule has 2 saturated heterocycles. The third-order valence-electron chi connectivity index (χ3n) is 8.10. The molecule has 1 aromatic carbocycles. The van der Waals surface area contributed by atoms with Crippen molar-refractivity contribution in [3.63, 3.8) is 0 Å². The predicted octanol–water partition coefficient (Wildman–Crippen LogP) is 4.77. The fourth-order valence-corrected chi connectivity index (χ4v) is 5.12. The topological polar surface area (TPSA) is 95.9 Å². The fourth-order valence-electron chi connectivity index (χ4n) is 5.12. The normalized spacial score (nSPS) is 22.5. The number of carbonyl (C=O) groups excluding carboxylic acids is 1. The molecule has 0 bridgehead atoms. The maximum atomic E-state index is 12.6. The average Bonchev–Trinajstić information content (AvgIpc) is 2.96. The van der Waals surface area contributed by atoms with E-state index < -0.39 is 30.0 Å². The van der Waals surface area contributed by atoms with E-state index in [9.17, 15) is 9.90 Å². The molecule has 10 heteroatoms. The van der Waals surface area contributed by atoms with Crippen LogP contribution in [0.1, 0.15) is 91.7 Å². The molecule has 0 spiro atoms. The molecule has 0 unspecified atom stereocenters. The first-order valence-corrected chi connectivity index (χ1v) is 15.0. The Kier molecular flexibility index (Phi) is 11.6. The molecule has 1 aromatic rings. The third kappa shape index (κ3) is 9.58. The molecular formula is C31H52BNO8. The minimum atomic E-state index is -0.559. The van der Waals surface area contributed by atoms with Crippen molar-refractivity contribution in [1.29, 1.82) is 0 Å². The van der Waals surface area contributed by atoms with Gasteiger partial charge in [-0.15, -0.1) is 0 Å². The van der Waals surface area contributed by atoms with Gasteiger partial charge in [0.25, 0.3) is 0 Å². The Hall–Kier alpha value is -1.85. The first kappa shape index (κ1) is 33.7. The number of hydrogen-bond donors (Lipinski definition) is 1. The van der Waals surface area contributed by atoms with Crippen molar-refractivity contribution in [2.24, 2.45) is 0 Å². The number of hydrogen-bond acceptors (Lipinski definition) is 8. The molecule has 2 aliphatic heterocycles. The van der Waals surface area contributed by atoms with E-state index in [0.29, 0.717) is 32.5 Å². The van der Waals surface area contributed by atoms with Crippen LogP contribution in [0, 0.1) is 6.92 Å². The van der Waals surface area contributed by atoms with Gasteiger partial charge in [-0.05, 0) is 110 Å². The Morgan fingerprint density at radius 2 is 1.80 bits per heavy atom. The lowest BCUT2D eigenvalue weighted by Gasteiger charge is -2.32. The highest BCUT2D eigenvalue weighted by Crippen LogP contribution is 2.37. The van der Waals surface area contributed by atoms with Gasteiger partial charge in [-0.25, -0.2) is 4.79 Å². The van der Waals surface area contributed by atoms with Crippen molar-refractivity contribution in [3.05, 3.63) is 23.3 Å². The maximum absolute atomic E-state index is 12.6. The zero-order chi connectivity index (χ0) is 30.4. The Bertz CT molecular complexity index is 993. The Morgan fingerprint density at radius 1 is 1.12 bits per heavy atom. The number of aliphatic hydroxyl groups excluding tert-OH is 1. The lowest BCUT2D eigenvalue weighted by molar-refractivity contribution is -0.00537. The van der Waals surface area contributed by atoms with Crippen LogP contribution in [0.15, 0.2) is 12.1 Å². The molecule has 232 valence electrons. The van der Waals surface area contributed by atoms with Crippen molar-refractivity contribution in [1.82, 2.24) is 4.90 Å². The molecular weight excluding hydrogens is 525 g/mol. The Morgan fingerprint density at radius 3 is 2.44 bits per heavy atom. The van der Waals surface area contributed by atoms with E-state index in [2.05, 4.69) is 34.6 Å². The van der Waals surface area contributed by atoms with E-state index in [1.165, 1.54) is 5.56 Å². The number of nitrogens with zero attached hydrogens (tertiary/aromatic N) is 1. The number of unbranched alkanes of at least 4 members (excludes halogenated alkanes) is 2. The molecule has 2 heterocycles. The molecule has 2 fully saturated rings. The number of aryl methyl sites for hydroxylation is 1. The summed E-state index contributed by atoms with van der Waals surface area (Å²) in [5.74, 6) is 0.734. The van der Waals surface area contributed by atoms with E-state index in [4.69, 9.17) is 28.3 Å². The number of aliphatic hydroxyl groups is 1. The average molecular weight is 578 g/mol. The molecule has 2 atom stereocenters. The summed E-state index contributed by atoms with van der Waals surface area (Å²) in [4.78, 5) is 14.3. The molecule has 3 rings (SSSR count). The van der Waals surface area contributed by atoms with Crippen molar-refractivity contribution in [2.75, 3.05) is 33.6 Å². The number of carbonyl (C=O) groups is 1. The van der Waals surface area contributed by atoms with Crippen molar-refractivity contribution < 1.29 is 38.2 Å². The second-order valence-corrected chi connectivity index (χ2v) is 13.4. The van der Waals surface area contributed by atoms with Crippen LogP contribution >= 0.6 is 0 Å². The van der Waals surface area contributed by atoms with Crippen LogP contribution in [-0.4, -0.2) is 85.8 Å². The lowest BCUT2D eigenvalue weighted by atomic mass is 9.73. The van der Waals surface area contributed by atoms with Gasteiger partial charge in [-0.2, -0.15) is 0 Å². The van der Waals surface area contributed by atoms with Gasteiger partial charge >= 0.3 is 13.2 Å². The standard InChI is InChI=1S/C31H52BNO8/c1-22-17-24(38-21-36-9)19-27(32-40-30(5,6)31(7,8)41-32)26(22)13-11-10-12-16-37-25-18-23(34)14-15-33(20-25)28(35)39-29(2,3)4/h17,19,23,25,34H,10-16,18,20-21H2,1-9H3/t23-,25+/m1/s1. The van der Waals surface area contributed by atoms with E-state index >= 15 is 0 Å². The number of benzene rings is 1. The summed E-state index contributed by atoms with van der Waals surface area (Å²) in [5, 5.41) is 10.3. The lowest BCUT2D eigenvalue weighted by Crippen LogP contribution is -2.41. The molecule has 0 radical (unpaired) electrons. The number of methoxy groups -OCH3 is 1. The predicted molar refractivity (Wildman–Crippen MR) is 160 cm³/mol. The SMILES string of the molecule is COCOc1cc(C)c(CCCCCO[C@H]2C[C@H](O)CCN(C(=O)OC(C)(C)C)C2)c(B2OC(C)(C)C(C)(C)O2)c1. The summed E-state index contributed by atoms with van der Waals surface area (Å²) >= 11 is 0. The molecule has 1 amide bonds. The highest BCUT2D eigenvalue weighted by atomic mass is 16.7. The molecule has 41 heavy (non-hydrogen) atoms. The van der Waals surface area contributed by atoms with Crippen molar-refractivity contribution in [2.45, 2.75) is 123 Å². The van der Waals surface area contributed by atoms with Crippen LogP contribution in [0.4, 0.5) is 4.79 Å². The largest absolute Gasteiger partial charge is 0.495 e. The van der Waals surface area contributed by atoms with Gasteiger partial charge < -0.3 is 38.3 Å². The Balaban J connectivity index is 1.56. The molecule has 2 aliphatic rings. The van der Waals surface area contributed by atoms with Crippen LogP contribution < -0.4 is 10.2 Å². The van der Waals surface area contributed by atoms with Gasteiger partial charge in [0.1, 0.15) is 11.4 Å². The zero-order valence-electron chi connectivity index (χ0n) is 26.7. The summed E-state index contributed by atoms with van der Waals surface area (Å²) in [6, 6.07) is 4.06. The van der Waals surface area contributed by atoms with Crippen LogP contribution in [-0.2, 0) is 29.9 Å². The smallest absolute Gasteiger partial charge is 0.468 e. The summed E-state index contributed by atoms with van der Waals surface area (Å²) in [6.07, 6.45) is 3.72. The molecule has 9 nitrogen and oxygen atoms in total. The van der Waals surface area contributed by atoms with Gasteiger partial charge in [-0.3, -0.25) is 0 Å². The molecule has 0 aromatic heterocycles. The monoisotopic (exact) mass is 577 g/mol. The van der Waals surface area contributed by atoms with Crippen LogP contribution in [0.25, 0.3) is 0 Å². The first-order valence-electron chi connectivity index (χ1n) is 15.0. The summed E-state index contributed by atoms with van der Waals surface area (Å²) in [6.45, 7) is 17.6. The molecule has 0 aliphatic carbocycles. The Labute approximate surface area is 247 Å². The second kappa shape index (κ2) is 14.1. The van der Waals surface area contributed by atoms with Crippen molar-refractivity contribution >= 4 is 18.7 Å². The quantitative estimate of drug-likeness (QED) is 0.229. The number of likely N-dealkylation sites (tertiary alicyclic amines) is 1. The van der Waals surface area contributed by atoms with E-state index in [1.807, 2.05) is 32.9 Å². The fraction of sp³-hybridized carbons (Fsp3) is 0.774. The minimum absolute atomic E-state index is 0.176. The number of ether oxygens (including phenoxy) is 4. The van der Waals surface area contributed by atoms with Crippen LogP contribution in [0.5, 0.6) is 5.75 Å². The van der Waals surface area contributed by atoms with Gasteiger partial charge in [0.2, 0.25) is 0 Å². The minimum Gasteiger partial charge on any atom is -0.468 e. The van der Waals surface area contributed by atoms with E-state index in [1.54, 1.807) is 12.0 Å². The summed E-state index contributed by atoms with van der Waals surface area (Å²) in [7, 11) is 1.13. The van der Waals surface area contributed by atoms with E-state index in [0.717, 1.165) is 42.5 Å². The highest BCUT2D eigenvalue weighted by Gasteiger charge is 2.52. The zero-order valence-corrected chi connectivity index (χ0v) is 26.7.